The normalized spacial score (nSPS) is 13.2. The van der Waals surface area contributed by atoms with E-state index in [0.717, 1.165) is 22.5 Å². The summed E-state index contributed by atoms with van der Waals surface area (Å²) in [5.74, 6) is 0.155. The highest BCUT2D eigenvalue weighted by atomic mass is 16.3. The van der Waals surface area contributed by atoms with Crippen LogP contribution < -0.4 is 11.1 Å². The van der Waals surface area contributed by atoms with Crippen molar-refractivity contribution in [1.29, 1.82) is 0 Å². The van der Waals surface area contributed by atoms with E-state index in [2.05, 4.69) is 41.3 Å². The number of H-pyrrole nitrogens is 1. The Morgan fingerprint density at radius 2 is 2.08 bits per heavy atom. The second-order valence-corrected chi connectivity index (χ2v) is 7.58. The van der Waals surface area contributed by atoms with Gasteiger partial charge in [-0.3, -0.25) is 9.89 Å². The Hall–Kier alpha value is -2.67. The van der Waals surface area contributed by atoms with Gasteiger partial charge < -0.3 is 15.5 Å². The predicted octanol–water partition coefficient (Wildman–Crippen LogP) is 2.78. The number of aryl methyl sites for hydroxylation is 2. The van der Waals surface area contributed by atoms with Gasteiger partial charge in [0.1, 0.15) is 11.6 Å². The third-order valence-electron chi connectivity index (χ3n) is 4.49. The molecule has 0 aliphatic rings. The van der Waals surface area contributed by atoms with Crippen molar-refractivity contribution >= 4 is 17.0 Å². The van der Waals surface area contributed by atoms with Gasteiger partial charge in [-0.15, -0.1) is 0 Å². The van der Waals surface area contributed by atoms with Crippen molar-refractivity contribution in [2.24, 2.45) is 5.73 Å². The number of benzene rings is 1. The van der Waals surface area contributed by atoms with Gasteiger partial charge in [0.25, 0.3) is 0 Å². The maximum absolute atomic E-state index is 12.4. The summed E-state index contributed by atoms with van der Waals surface area (Å²) < 4.78 is 5.72. The zero-order valence-corrected chi connectivity index (χ0v) is 15.8. The zero-order valence-electron chi connectivity index (χ0n) is 15.8. The van der Waals surface area contributed by atoms with Crippen LogP contribution in [0.2, 0.25) is 0 Å². The summed E-state index contributed by atoms with van der Waals surface area (Å²) in [6.07, 6.45) is 0. The van der Waals surface area contributed by atoms with Crippen LogP contribution >= 0.6 is 0 Å². The van der Waals surface area contributed by atoms with Crippen molar-refractivity contribution in [2.45, 2.75) is 52.6 Å². The van der Waals surface area contributed by atoms with Crippen molar-refractivity contribution in [3.63, 3.8) is 0 Å². The fourth-order valence-corrected chi connectivity index (χ4v) is 2.94. The van der Waals surface area contributed by atoms with Crippen molar-refractivity contribution < 1.29 is 9.21 Å². The smallest absolute Gasteiger partial charge is 0.242 e. The Morgan fingerprint density at radius 3 is 2.69 bits per heavy atom. The molecule has 26 heavy (non-hydrogen) atoms. The number of nitrogens with zero attached hydrogens (tertiary/aromatic N) is 2. The molecule has 7 nitrogen and oxygen atoms in total. The molecule has 0 saturated carbocycles. The molecule has 0 unspecified atom stereocenters. The van der Waals surface area contributed by atoms with Crippen LogP contribution in [-0.2, 0) is 16.8 Å². The molecule has 0 radical (unpaired) electrons. The molecule has 3 rings (SSSR count). The summed E-state index contributed by atoms with van der Waals surface area (Å²) >= 11 is 0. The fraction of sp³-hybridized carbons (Fsp3) is 0.421. The van der Waals surface area contributed by atoms with Crippen LogP contribution in [0, 0.1) is 13.8 Å². The van der Waals surface area contributed by atoms with Crippen molar-refractivity contribution in [3.8, 4) is 0 Å². The largest absolute Gasteiger partial charge is 0.439 e. The lowest BCUT2D eigenvalue weighted by atomic mass is 9.87. The summed E-state index contributed by atoms with van der Waals surface area (Å²) in [4.78, 5) is 16.8. The Labute approximate surface area is 152 Å². The number of aromatic amines is 1. The molecule has 3 aromatic rings. The van der Waals surface area contributed by atoms with Crippen LogP contribution in [0.3, 0.4) is 0 Å². The first kappa shape index (κ1) is 18.1. The maximum atomic E-state index is 12.4. The number of nitrogens with two attached hydrogens (primary N) is 1. The monoisotopic (exact) mass is 355 g/mol. The zero-order chi connectivity index (χ0) is 19.1. The van der Waals surface area contributed by atoms with Gasteiger partial charge in [-0.25, -0.2) is 4.98 Å². The molecule has 2 aromatic heterocycles. The summed E-state index contributed by atoms with van der Waals surface area (Å²) in [6, 6.07) is 5.19. The van der Waals surface area contributed by atoms with Crippen molar-refractivity contribution in [2.75, 3.05) is 0 Å². The molecular formula is C19H25N5O2. The lowest BCUT2D eigenvalue weighted by Gasteiger charge is -2.18. The SMILES string of the molecule is Cc1n[nH]c(C)c1[C@@H](N)C(=O)NCc1nc2cc(C(C)(C)C)ccc2o1. The Morgan fingerprint density at radius 1 is 1.35 bits per heavy atom. The molecule has 0 aliphatic carbocycles. The first-order valence-corrected chi connectivity index (χ1v) is 8.61. The number of fused-ring (bicyclic) bond motifs is 1. The molecular weight excluding hydrogens is 330 g/mol. The molecule has 138 valence electrons. The number of hydrogen-bond acceptors (Lipinski definition) is 5. The Kier molecular flexibility index (Phi) is 4.58. The Balaban J connectivity index is 1.72. The van der Waals surface area contributed by atoms with Gasteiger partial charge >= 0.3 is 0 Å². The van der Waals surface area contributed by atoms with Crippen LogP contribution in [0.5, 0.6) is 0 Å². The van der Waals surface area contributed by atoms with E-state index in [0.29, 0.717) is 11.5 Å². The summed E-state index contributed by atoms with van der Waals surface area (Å²) in [5, 5.41) is 9.70. The molecule has 1 aromatic carbocycles. The average molecular weight is 355 g/mol. The van der Waals surface area contributed by atoms with E-state index < -0.39 is 6.04 Å². The fourth-order valence-electron chi connectivity index (χ4n) is 2.94. The summed E-state index contributed by atoms with van der Waals surface area (Å²) in [6.45, 7) is 10.3. The van der Waals surface area contributed by atoms with Crippen LogP contribution in [0.15, 0.2) is 22.6 Å². The summed E-state index contributed by atoms with van der Waals surface area (Å²) in [7, 11) is 0. The van der Waals surface area contributed by atoms with Gasteiger partial charge in [-0.1, -0.05) is 26.8 Å². The first-order valence-electron chi connectivity index (χ1n) is 8.61. The predicted molar refractivity (Wildman–Crippen MR) is 99.5 cm³/mol. The van der Waals surface area contributed by atoms with Gasteiger partial charge in [-0.05, 0) is 37.0 Å². The number of nitrogens with one attached hydrogen (secondary N) is 2. The van der Waals surface area contributed by atoms with Gasteiger partial charge in [0.15, 0.2) is 5.58 Å². The molecule has 7 heteroatoms. The molecule has 2 heterocycles. The van der Waals surface area contributed by atoms with E-state index in [1.165, 1.54) is 5.56 Å². The molecule has 0 bridgehead atoms. The van der Waals surface area contributed by atoms with Crippen LogP contribution in [0.1, 0.15) is 55.2 Å². The van der Waals surface area contributed by atoms with Crippen molar-refractivity contribution in [3.05, 3.63) is 46.6 Å². The van der Waals surface area contributed by atoms with E-state index in [1.54, 1.807) is 0 Å². The van der Waals surface area contributed by atoms with E-state index >= 15 is 0 Å². The highest BCUT2D eigenvalue weighted by molar-refractivity contribution is 5.83. The molecule has 0 saturated heterocycles. The molecule has 4 N–H and O–H groups in total. The lowest BCUT2D eigenvalue weighted by molar-refractivity contribution is -0.122. The van der Waals surface area contributed by atoms with Crippen LogP contribution in [0.25, 0.3) is 11.1 Å². The molecule has 1 atom stereocenters. The van der Waals surface area contributed by atoms with Crippen LogP contribution in [-0.4, -0.2) is 21.1 Å². The van der Waals surface area contributed by atoms with Crippen LogP contribution in [0.4, 0.5) is 0 Å². The minimum Gasteiger partial charge on any atom is -0.439 e. The number of oxazole rings is 1. The molecule has 0 aliphatic heterocycles. The minimum absolute atomic E-state index is 0.0363. The second kappa shape index (κ2) is 6.57. The highest BCUT2D eigenvalue weighted by Crippen LogP contribution is 2.26. The summed E-state index contributed by atoms with van der Waals surface area (Å²) in [5.41, 5.74) is 11.0. The second-order valence-electron chi connectivity index (χ2n) is 7.58. The first-order chi connectivity index (χ1) is 12.2. The molecule has 0 spiro atoms. The van der Waals surface area contributed by atoms with E-state index in [9.17, 15) is 4.79 Å². The van der Waals surface area contributed by atoms with Gasteiger partial charge in [0.2, 0.25) is 11.8 Å². The minimum atomic E-state index is -0.786. The number of hydrogen-bond donors (Lipinski definition) is 3. The maximum Gasteiger partial charge on any atom is 0.242 e. The average Bonchev–Trinajstić information content (AvgIpc) is 3.13. The van der Waals surface area contributed by atoms with E-state index in [-0.39, 0.29) is 17.9 Å². The third kappa shape index (κ3) is 3.48. The lowest BCUT2D eigenvalue weighted by Crippen LogP contribution is -2.34. The number of carbonyl (C=O) groups excluding carboxylic acids is 1. The molecule has 1 amide bonds. The van der Waals surface area contributed by atoms with E-state index in [4.69, 9.17) is 10.2 Å². The van der Waals surface area contributed by atoms with Gasteiger partial charge in [0, 0.05) is 11.3 Å². The number of amides is 1. The number of aromatic nitrogens is 3. The van der Waals surface area contributed by atoms with E-state index in [1.807, 2.05) is 32.0 Å². The quantitative estimate of drug-likeness (QED) is 0.666. The third-order valence-corrected chi connectivity index (χ3v) is 4.49. The standard InChI is InChI=1S/C19H25N5O2/c1-10-16(11(2)24-23-10)17(20)18(25)21-9-15-22-13-8-12(19(3,4)5)6-7-14(13)26-15/h6-8,17H,9,20H2,1-5H3,(H,21,25)(H,23,24)/t17-/m1/s1. The van der Waals surface area contributed by atoms with Gasteiger partial charge in [0.05, 0.1) is 12.2 Å². The Bertz CT molecular complexity index is 929. The van der Waals surface area contributed by atoms with Gasteiger partial charge in [-0.2, -0.15) is 5.10 Å². The van der Waals surface area contributed by atoms with Crippen molar-refractivity contribution in [1.82, 2.24) is 20.5 Å². The number of carbonyl (C=O) groups is 1. The topological polar surface area (TPSA) is 110 Å². The highest BCUT2D eigenvalue weighted by Gasteiger charge is 2.22. The number of rotatable bonds is 4. The molecule has 0 fully saturated rings.